The van der Waals surface area contributed by atoms with Crippen LogP contribution in [0.5, 0.6) is 5.75 Å². The standard InChI is InChI=1S/C23H22Cl2N2O7S3/c24-16-6-8-20-18(14-16)26(10-2-12-36(28,29)30)22(34-20)4-1-5-23-27(11-3-13-37(31,32)33)19-15-17(25)7-9-21(19)35-23/h1,4-9,14-15H,2-3,10-13H2,(H-,28,29,30,31,32,33)/p-1. The molecule has 37 heavy (non-hydrogen) atoms. The van der Waals surface area contributed by atoms with Crippen LogP contribution < -0.4 is 14.2 Å². The number of ether oxygens (including phenoxy) is 1. The van der Waals surface area contributed by atoms with Gasteiger partial charge in [0.05, 0.1) is 25.9 Å². The molecule has 1 aliphatic heterocycles. The fourth-order valence-electron chi connectivity index (χ4n) is 3.87. The van der Waals surface area contributed by atoms with E-state index in [2.05, 4.69) is 0 Å². The van der Waals surface area contributed by atoms with Crippen molar-refractivity contribution in [3.8, 4) is 5.75 Å². The molecule has 0 bridgehead atoms. The van der Waals surface area contributed by atoms with Crippen LogP contribution in [0.15, 0.2) is 54.4 Å². The highest BCUT2D eigenvalue weighted by Gasteiger charge is 2.26. The zero-order valence-corrected chi connectivity index (χ0v) is 23.1. The van der Waals surface area contributed by atoms with Gasteiger partial charge in [0.1, 0.15) is 4.70 Å². The Bertz CT molecular complexity index is 1600. The Hall–Kier alpha value is -2.19. The van der Waals surface area contributed by atoms with Crippen LogP contribution in [0.1, 0.15) is 17.8 Å². The van der Waals surface area contributed by atoms with Gasteiger partial charge in [0.15, 0.2) is 12.3 Å². The number of benzene rings is 2. The second-order valence-corrected chi connectivity index (χ2v) is 13.1. The number of hydrogen-bond donors (Lipinski definition) is 0. The third kappa shape index (κ3) is 7.44. The van der Waals surface area contributed by atoms with E-state index in [4.69, 9.17) is 27.9 Å². The number of rotatable bonds is 10. The van der Waals surface area contributed by atoms with Gasteiger partial charge in [0.25, 0.3) is 5.01 Å². The zero-order chi connectivity index (χ0) is 26.8. The van der Waals surface area contributed by atoms with Gasteiger partial charge in [-0.3, -0.25) is 0 Å². The van der Waals surface area contributed by atoms with Crippen LogP contribution in [0.3, 0.4) is 0 Å². The predicted molar refractivity (Wildman–Crippen MR) is 142 cm³/mol. The van der Waals surface area contributed by atoms with E-state index in [-0.39, 0.29) is 19.4 Å². The first-order chi connectivity index (χ1) is 17.4. The summed E-state index contributed by atoms with van der Waals surface area (Å²) < 4.78 is 75.2. The summed E-state index contributed by atoms with van der Waals surface area (Å²) in [7, 11) is -8.69. The largest absolute Gasteiger partial charge is 0.748 e. The monoisotopic (exact) mass is 603 g/mol. The molecular formula is C23H21Cl2N2O7S3-. The number of anilines is 1. The van der Waals surface area contributed by atoms with Gasteiger partial charge in [0.2, 0.25) is 11.4 Å². The SMILES string of the molecule is O=S(=O)([O-])CCCN1C(=CC=Cc2sc3ccc(Cl)cc3[n+]2CCCS(=O)(=O)[O-])Oc2ccc(Cl)cc21. The number of nitrogens with zero attached hydrogens (tertiary/aromatic N) is 2. The minimum Gasteiger partial charge on any atom is -0.748 e. The molecule has 0 aliphatic carbocycles. The quantitative estimate of drug-likeness (QED) is 0.250. The molecule has 0 saturated heterocycles. The molecule has 1 aromatic heterocycles. The normalized spacial score (nSPS) is 15.1. The Morgan fingerprint density at radius 2 is 1.65 bits per heavy atom. The topological polar surface area (TPSA) is 131 Å². The smallest absolute Gasteiger partial charge is 0.262 e. The van der Waals surface area contributed by atoms with Crippen molar-refractivity contribution in [1.82, 2.24) is 0 Å². The summed E-state index contributed by atoms with van der Waals surface area (Å²) in [5, 5.41) is 1.80. The van der Waals surface area contributed by atoms with Crippen LogP contribution in [-0.2, 0) is 26.8 Å². The number of aryl methyl sites for hydroxylation is 1. The third-order valence-corrected chi connectivity index (χ3v) is 8.59. The van der Waals surface area contributed by atoms with Gasteiger partial charge < -0.3 is 18.7 Å². The molecule has 14 heteroatoms. The van der Waals surface area contributed by atoms with Gasteiger partial charge in [-0.05, 0) is 48.9 Å². The van der Waals surface area contributed by atoms with Crippen molar-refractivity contribution in [2.75, 3.05) is 23.0 Å². The Morgan fingerprint density at radius 3 is 2.38 bits per heavy atom. The molecule has 0 spiro atoms. The molecule has 3 aromatic rings. The minimum absolute atomic E-state index is 0.0991. The van der Waals surface area contributed by atoms with Crippen LogP contribution in [0, 0.1) is 0 Å². The Labute approximate surface area is 228 Å². The molecule has 1 aliphatic rings. The zero-order valence-electron chi connectivity index (χ0n) is 19.2. The van der Waals surface area contributed by atoms with Crippen molar-refractivity contribution >= 4 is 76.8 Å². The minimum atomic E-state index is -4.35. The van der Waals surface area contributed by atoms with Gasteiger partial charge >= 0.3 is 0 Å². The molecule has 0 amide bonds. The lowest BCUT2D eigenvalue weighted by atomic mass is 10.2. The van der Waals surface area contributed by atoms with Crippen LogP contribution in [0.25, 0.3) is 16.3 Å². The predicted octanol–water partition coefficient (Wildman–Crippen LogP) is 4.12. The highest BCUT2D eigenvalue weighted by Crippen LogP contribution is 2.40. The first kappa shape index (κ1) is 27.8. The Balaban J connectivity index is 1.62. The molecule has 2 heterocycles. The second-order valence-electron chi connectivity index (χ2n) is 8.16. The van der Waals surface area contributed by atoms with E-state index in [9.17, 15) is 25.9 Å². The van der Waals surface area contributed by atoms with E-state index in [1.165, 1.54) is 11.3 Å². The molecule has 9 nitrogen and oxygen atoms in total. The van der Waals surface area contributed by atoms with E-state index in [1.54, 1.807) is 47.4 Å². The maximum Gasteiger partial charge on any atom is 0.262 e. The number of allylic oxidation sites excluding steroid dienone is 2. The van der Waals surface area contributed by atoms with Gasteiger partial charge in [0, 0.05) is 46.7 Å². The summed E-state index contributed by atoms with van der Waals surface area (Å²) in [6.45, 7) is 0.522. The molecule has 198 valence electrons. The van der Waals surface area contributed by atoms with Crippen molar-refractivity contribution in [3.63, 3.8) is 0 Å². The van der Waals surface area contributed by atoms with Crippen molar-refractivity contribution in [2.45, 2.75) is 19.4 Å². The summed E-state index contributed by atoms with van der Waals surface area (Å²) in [5.41, 5.74) is 1.47. The number of halogens is 2. The third-order valence-electron chi connectivity index (χ3n) is 5.41. The van der Waals surface area contributed by atoms with E-state index < -0.39 is 31.7 Å². The fourth-order valence-corrected chi connectivity index (χ4v) is 6.25. The van der Waals surface area contributed by atoms with Crippen molar-refractivity contribution < 1.29 is 35.2 Å². The van der Waals surface area contributed by atoms with E-state index >= 15 is 0 Å². The first-order valence-electron chi connectivity index (χ1n) is 11.0. The summed E-state index contributed by atoms with van der Waals surface area (Å²) >= 11 is 13.8. The number of thiazole rings is 1. The fraction of sp³-hybridized carbons (Fsp3) is 0.261. The lowest BCUT2D eigenvalue weighted by Gasteiger charge is -2.18. The van der Waals surface area contributed by atoms with Gasteiger partial charge in [-0.15, -0.1) is 0 Å². The Morgan fingerprint density at radius 1 is 0.973 bits per heavy atom. The van der Waals surface area contributed by atoms with Crippen LogP contribution in [0.2, 0.25) is 10.0 Å². The number of aromatic nitrogens is 1. The second kappa shape index (κ2) is 11.3. The lowest BCUT2D eigenvalue weighted by molar-refractivity contribution is -0.668. The highest BCUT2D eigenvalue weighted by atomic mass is 35.5. The molecule has 0 unspecified atom stereocenters. The maximum atomic E-state index is 11.1. The average Bonchev–Trinajstić information content (AvgIpc) is 3.30. The van der Waals surface area contributed by atoms with E-state index in [0.717, 1.165) is 15.2 Å². The average molecular weight is 605 g/mol. The van der Waals surface area contributed by atoms with E-state index in [1.807, 2.05) is 16.7 Å². The molecule has 4 rings (SSSR count). The lowest BCUT2D eigenvalue weighted by Crippen LogP contribution is -2.36. The maximum absolute atomic E-state index is 11.1. The summed E-state index contributed by atoms with van der Waals surface area (Å²) in [6, 6.07) is 10.5. The molecule has 2 aromatic carbocycles. The van der Waals surface area contributed by atoms with Crippen molar-refractivity contribution in [1.29, 1.82) is 0 Å². The van der Waals surface area contributed by atoms with Gasteiger partial charge in [-0.2, -0.15) is 4.57 Å². The number of hydrogen-bond acceptors (Lipinski definition) is 9. The Kier molecular flexibility index (Phi) is 8.48. The molecular weight excluding hydrogens is 583 g/mol. The van der Waals surface area contributed by atoms with E-state index in [0.29, 0.717) is 33.9 Å². The van der Waals surface area contributed by atoms with Crippen molar-refractivity contribution in [2.24, 2.45) is 0 Å². The molecule has 0 N–H and O–H groups in total. The molecule has 0 radical (unpaired) electrons. The summed E-state index contributed by atoms with van der Waals surface area (Å²) in [5.74, 6) is -0.0240. The van der Waals surface area contributed by atoms with Crippen LogP contribution >= 0.6 is 34.5 Å². The van der Waals surface area contributed by atoms with Crippen molar-refractivity contribution in [3.05, 3.63) is 69.5 Å². The summed E-state index contributed by atoms with van der Waals surface area (Å²) in [6.07, 6.45) is 5.50. The number of fused-ring (bicyclic) bond motifs is 2. The summed E-state index contributed by atoms with van der Waals surface area (Å²) in [4.78, 5) is 1.74. The van der Waals surface area contributed by atoms with Crippen LogP contribution in [-0.4, -0.2) is 44.0 Å². The first-order valence-corrected chi connectivity index (χ1v) is 15.7. The molecule has 0 fully saturated rings. The van der Waals surface area contributed by atoms with Gasteiger partial charge in [-0.1, -0.05) is 34.5 Å². The molecule has 0 atom stereocenters. The highest BCUT2D eigenvalue weighted by molar-refractivity contribution is 7.85. The van der Waals surface area contributed by atoms with Gasteiger partial charge in [-0.25, -0.2) is 16.8 Å². The molecule has 0 saturated carbocycles. The van der Waals surface area contributed by atoms with Crippen LogP contribution in [0.4, 0.5) is 5.69 Å².